The third kappa shape index (κ3) is 3.57. The number of carbonyl (C=O) groups is 2. The largest absolute Gasteiger partial charge is 0.492 e. The molecule has 0 radical (unpaired) electrons. The van der Waals surface area contributed by atoms with E-state index >= 15 is 0 Å². The van der Waals surface area contributed by atoms with Crippen molar-refractivity contribution in [2.24, 2.45) is 5.73 Å². The lowest BCUT2D eigenvalue weighted by atomic mass is 9.74. The molecule has 3 N–H and O–H groups in total. The molecule has 2 aliphatic heterocycles. The fraction of sp³-hybridized carbons (Fsp3) is 0.333. The molecule has 1 amide bonds. The third-order valence-electron chi connectivity index (χ3n) is 5.54. The summed E-state index contributed by atoms with van der Waals surface area (Å²) in [5.41, 5.74) is 8.27. The van der Waals surface area contributed by atoms with Gasteiger partial charge in [-0.3, -0.25) is 9.59 Å². The van der Waals surface area contributed by atoms with Crippen molar-refractivity contribution in [3.63, 3.8) is 0 Å². The number of nitrogens with one attached hydrogen (secondary N) is 1. The van der Waals surface area contributed by atoms with Crippen LogP contribution in [0.3, 0.4) is 0 Å². The fourth-order valence-electron chi connectivity index (χ4n) is 4.06. The van der Waals surface area contributed by atoms with Gasteiger partial charge in [0, 0.05) is 28.5 Å². The predicted molar refractivity (Wildman–Crippen MR) is 106 cm³/mol. The zero-order valence-corrected chi connectivity index (χ0v) is 15.8. The van der Waals surface area contributed by atoms with E-state index in [0.717, 1.165) is 37.2 Å². The molecule has 6 heteroatoms. The van der Waals surface area contributed by atoms with E-state index < -0.39 is 5.91 Å². The van der Waals surface area contributed by atoms with Crippen LogP contribution in [0.15, 0.2) is 42.5 Å². The second kappa shape index (κ2) is 7.71. The number of benzene rings is 2. The van der Waals surface area contributed by atoms with Crippen molar-refractivity contribution in [2.75, 3.05) is 19.7 Å². The summed E-state index contributed by atoms with van der Waals surface area (Å²) in [4.78, 5) is 24.3. The molecule has 2 aliphatic rings. The van der Waals surface area contributed by atoms with Crippen LogP contribution in [0.1, 0.15) is 44.7 Å². The van der Waals surface area contributed by atoms with E-state index in [1.54, 1.807) is 24.3 Å². The van der Waals surface area contributed by atoms with E-state index in [1.165, 1.54) is 5.56 Å². The first-order chi connectivity index (χ1) is 12.6. The number of amides is 1. The first-order valence-electron chi connectivity index (χ1n) is 8.98. The smallest absolute Gasteiger partial charge is 0.249 e. The highest BCUT2D eigenvalue weighted by Crippen LogP contribution is 2.44. The van der Waals surface area contributed by atoms with E-state index in [4.69, 9.17) is 10.5 Å². The molecule has 27 heavy (non-hydrogen) atoms. The number of hydrogen-bond acceptors (Lipinski definition) is 4. The highest BCUT2D eigenvalue weighted by Gasteiger charge is 2.41. The SMILES string of the molecule is Cl.NC(=O)c1ccccc1C(=O)Cc1ccc2c(c1)C1(CCNCC1)CO2. The molecule has 1 saturated heterocycles. The maximum Gasteiger partial charge on any atom is 0.249 e. The second-order valence-corrected chi connectivity index (χ2v) is 7.16. The lowest BCUT2D eigenvalue weighted by Crippen LogP contribution is -2.41. The van der Waals surface area contributed by atoms with Gasteiger partial charge in [0.1, 0.15) is 5.75 Å². The standard InChI is InChI=1S/C21H22N2O3.ClH/c22-20(25)16-4-2-1-3-15(16)18(24)12-14-5-6-19-17(11-14)21(13-26-19)7-9-23-10-8-21;/h1-6,11,23H,7-10,12-13H2,(H2,22,25);1H. The number of rotatable bonds is 4. The van der Waals surface area contributed by atoms with Gasteiger partial charge in [0.25, 0.3) is 0 Å². The number of primary amides is 1. The third-order valence-corrected chi connectivity index (χ3v) is 5.54. The van der Waals surface area contributed by atoms with Crippen molar-refractivity contribution < 1.29 is 14.3 Å². The Morgan fingerprint density at radius 3 is 2.48 bits per heavy atom. The van der Waals surface area contributed by atoms with E-state index in [-0.39, 0.29) is 35.6 Å². The molecule has 0 unspecified atom stereocenters. The minimum Gasteiger partial charge on any atom is -0.492 e. The number of Topliss-reactive ketones (excluding diaryl/α,β-unsaturated/α-hetero) is 1. The molecule has 142 valence electrons. The summed E-state index contributed by atoms with van der Waals surface area (Å²) >= 11 is 0. The Hall–Kier alpha value is -2.37. The number of fused-ring (bicyclic) bond motifs is 2. The van der Waals surface area contributed by atoms with Crippen LogP contribution < -0.4 is 15.8 Å². The number of hydrogen-bond donors (Lipinski definition) is 2. The molecule has 1 fully saturated rings. The van der Waals surface area contributed by atoms with Crippen LogP contribution in [-0.4, -0.2) is 31.4 Å². The van der Waals surface area contributed by atoms with Crippen LogP contribution >= 0.6 is 12.4 Å². The van der Waals surface area contributed by atoms with Crippen molar-refractivity contribution in [2.45, 2.75) is 24.7 Å². The van der Waals surface area contributed by atoms with Crippen molar-refractivity contribution in [1.29, 1.82) is 0 Å². The van der Waals surface area contributed by atoms with Crippen LogP contribution in [0.5, 0.6) is 5.75 Å². The van der Waals surface area contributed by atoms with Crippen LogP contribution in [0.25, 0.3) is 0 Å². The topological polar surface area (TPSA) is 81.4 Å². The second-order valence-electron chi connectivity index (χ2n) is 7.16. The van der Waals surface area contributed by atoms with Crippen LogP contribution in [-0.2, 0) is 11.8 Å². The highest BCUT2D eigenvalue weighted by molar-refractivity contribution is 6.08. The zero-order chi connectivity index (χ0) is 18.1. The predicted octanol–water partition coefficient (Wildman–Crippen LogP) is 2.65. The van der Waals surface area contributed by atoms with Gasteiger partial charge >= 0.3 is 0 Å². The fourth-order valence-corrected chi connectivity index (χ4v) is 4.06. The number of nitrogens with two attached hydrogens (primary N) is 1. The Balaban J connectivity index is 0.00000210. The zero-order valence-electron chi connectivity index (χ0n) is 15.0. The van der Waals surface area contributed by atoms with Gasteiger partial charge in [-0.05, 0) is 43.6 Å². The molecule has 0 atom stereocenters. The Kier molecular flexibility index (Phi) is 5.53. The Morgan fingerprint density at radius 2 is 1.78 bits per heavy atom. The Morgan fingerprint density at radius 1 is 1.07 bits per heavy atom. The van der Waals surface area contributed by atoms with E-state index in [1.807, 2.05) is 12.1 Å². The summed E-state index contributed by atoms with van der Waals surface area (Å²) in [5, 5.41) is 3.40. The van der Waals surface area contributed by atoms with Gasteiger partial charge in [-0.1, -0.05) is 30.3 Å². The first-order valence-corrected chi connectivity index (χ1v) is 8.98. The van der Waals surface area contributed by atoms with Crippen LogP contribution in [0.4, 0.5) is 0 Å². The van der Waals surface area contributed by atoms with E-state index in [2.05, 4.69) is 11.4 Å². The van der Waals surface area contributed by atoms with Gasteiger partial charge in [0.05, 0.1) is 6.61 Å². The van der Waals surface area contributed by atoms with Crippen molar-refractivity contribution >= 4 is 24.1 Å². The average molecular weight is 387 g/mol. The summed E-state index contributed by atoms with van der Waals surface area (Å²) < 4.78 is 5.91. The van der Waals surface area contributed by atoms with Crippen molar-refractivity contribution in [1.82, 2.24) is 5.32 Å². The van der Waals surface area contributed by atoms with Gasteiger partial charge in [-0.2, -0.15) is 0 Å². The average Bonchev–Trinajstić information content (AvgIpc) is 3.00. The minimum atomic E-state index is -0.579. The molecule has 0 bridgehead atoms. The molecule has 0 aliphatic carbocycles. The molecular weight excluding hydrogens is 364 g/mol. The highest BCUT2D eigenvalue weighted by atomic mass is 35.5. The van der Waals surface area contributed by atoms with Crippen LogP contribution in [0, 0.1) is 0 Å². The summed E-state index contributed by atoms with van der Waals surface area (Å²) in [6.45, 7) is 2.68. The van der Waals surface area contributed by atoms with E-state index in [0.29, 0.717) is 12.2 Å². The lowest BCUT2D eigenvalue weighted by molar-refractivity contribution is 0.0963. The quantitative estimate of drug-likeness (QED) is 0.791. The van der Waals surface area contributed by atoms with Crippen molar-refractivity contribution in [3.05, 3.63) is 64.7 Å². The summed E-state index contributed by atoms with van der Waals surface area (Å²) in [5.74, 6) is 0.253. The minimum absolute atomic E-state index is 0. The number of piperidine rings is 1. The molecule has 2 aromatic rings. The summed E-state index contributed by atoms with van der Waals surface area (Å²) in [6, 6.07) is 12.7. The molecule has 2 aromatic carbocycles. The number of ether oxygens (including phenoxy) is 1. The maximum absolute atomic E-state index is 12.8. The molecule has 0 saturated carbocycles. The summed E-state index contributed by atoms with van der Waals surface area (Å²) in [7, 11) is 0. The molecular formula is C21H23ClN2O3. The molecule has 4 rings (SSSR count). The Bertz CT molecular complexity index is 870. The number of carbonyl (C=O) groups excluding carboxylic acids is 2. The first kappa shape index (κ1) is 19.4. The van der Waals surface area contributed by atoms with Gasteiger partial charge in [-0.15, -0.1) is 12.4 Å². The van der Waals surface area contributed by atoms with Gasteiger partial charge in [-0.25, -0.2) is 0 Å². The molecule has 5 nitrogen and oxygen atoms in total. The number of halogens is 1. The van der Waals surface area contributed by atoms with Gasteiger partial charge in [0.2, 0.25) is 5.91 Å². The monoisotopic (exact) mass is 386 g/mol. The number of ketones is 1. The van der Waals surface area contributed by atoms with Gasteiger partial charge < -0.3 is 15.8 Å². The van der Waals surface area contributed by atoms with E-state index in [9.17, 15) is 9.59 Å². The molecule has 1 spiro atoms. The van der Waals surface area contributed by atoms with Crippen molar-refractivity contribution in [3.8, 4) is 5.75 Å². The molecule has 0 aromatic heterocycles. The maximum atomic E-state index is 12.8. The van der Waals surface area contributed by atoms with Gasteiger partial charge in [0.15, 0.2) is 5.78 Å². The Labute approximate surface area is 164 Å². The van der Waals surface area contributed by atoms with Crippen LogP contribution in [0.2, 0.25) is 0 Å². The lowest BCUT2D eigenvalue weighted by Gasteiger charge is -2.32. The summed E-state index contributed by atoms with van der Waals surface area (Å²) in [6.07, 6.45) is 2.33. The molecule has 2 heterocycles. The normalized spacial score (nSPS) is 16.9.